The van der Waals surface area contributed by atoms with E-state index in [1.807, 2.05) is 6.07 Å². The van der Waals surface area contributed by atoms with Gasteiger partial charge in [-0.25, -0.2) is 0 Å². The number of hydrogen-bond donors (Lipinski definition) is 0. The highest BCUT2D eigenvalue weighted by atomic mass is 16.3. The van der Waals surface area contributed by atoms with Crippen LogP contribution in [0.1, 0.15) is 0 Å². The molecule has 4 nitrogen and oxygen atoms in total. The standard InChI is InChI=1S/C46H29BN2O2/c1-4-14-30(15-5-1)31-26-28-34(29-27-31)49-39-24-13-23-38-41(39)47(46-43(49)37-22-12-21-35(44(37)51-46)32-16-6-2-7-17-32)45-42(36-20-10-11-25-40(36)50-45)48(38)33-18-8-3-9-19-33/h1-29H. The molecular formula is C46H29BN2O2. The van der Waals surface area contributed by atoms with Crippen molar-refractivity contribution >= 4 is 79.6 Å². The van der Waals surface area contributed by atoms with Crippen LogP contribution in [0.3, 0.4) is 0 Å². The van der Waals surface area contributed by atoms with E-state index in [-0.39, 0.29) is 6.71 Å². The molecule has 0 saturated heterocycles. The molecule has 0 spiro atoms. The van der Waals surface area contributed by atoms with Gasteiger partial charge in [-0.15, -0.1) is 0 Å². The molecule has 2 aliphatic rings. The molecule has 0 amide bonds. The summed E-state index contributed by atoms with van der Waals surface area (Å²) in [6.07, 6.45) is 0. The quantitative estimate of drug-likeness (QED) is 0.177. The maximum Gasteiger partial charge on any atom is 0.342 e. The lowest BCUT2D eigenvalue weighted by Crippen LogP contribution is -2.60. The topological polar surface area (TPSA) is 32.8 Å². The van der Waals surface area contributed by atoms with Crippen LogP contribution in [0.2, 0.25) is 0 Å². The minimum absolute atomic E-state index is 0.260. The number of furan rings is 2. The van der Waals surface area contributed by atoms with Crippen LogP contribution < -0.4 is 26.6 Å². The SMILES string of the molecule is c1ccc(-c2ccc(N3c4cccc5c4B(c4oc6ccccc6c4N5c4ccccc4)c4oc5c(-c6ccccc6)cccc5c43)cc2)cc1. The van der Waals surface area contributed by atoms with Crippen LogP contribution in [-0.4, -0.2) is 6.71 Å². The zero-order valence-electron chi connectivity index (χ0n) is 27.5. The second-order valence-electron chi connectivity index (χ2n) is 13.2. The maximum atomic E-state index is 7.24. The summed E-state index contributed by atoms with van der Waals surface area (Å²) >= 11 is 0. The molecule has 0 fully saturated rings. The Kier molecular flexibility index (Phi) is 6.01. The monoisotopic (exact) mass is 652 g/mol. The average Bonchev–Trinajstić information content (AvgIpc) is 3.78. The first-order valence-corrected chi connectivity index (χ1v) is 17.4. The number of benzene rings is 7. The van der Waals surface area contributed by atoms with E-state index >= 15 is 0 Å². The molecule has 7 aromatic carbocycles. The minimum atomic E-state index is -0.260. The normalized spacial score (nSPS) is 13.0. The van der Waals surface area contributed by atoms with Crippen molar-refractivity contribution in [3.8, 4) is 22.3 Å². The molecule has 0 atom stereocenters. The lowest BCUT2D eigenvalue weighted by molar-refractivity contribution is 0.638. The number of hydrogen-bond acceptors (Lipinski definition) is 4. The van der Waals surface area contributed by atoms with Gasteiger partial charge in [-0.2, -0.15) is 0 Å². The van der Waals surface area contributed by atoms with Gasteiger partial charge in [-0.3, -0.25) is 0 Å². The van der Waals surface area contributed by atoms with Crippen molar-refractivity contribution in [2.24, 2.45) is 0 Å². The Morgan fingerprint density at radius 1 is 0.392 bits per heavy atom. The molecule has 2 aliphatic heterocycles. The number of fused-ring (bicyclic) bond motifs is 8. The van der Waals surface area contributed by atoms with E-state index in [9.17, 15) is 0 Å². The average molecular weight is 653 g/mol. The largest absolute Gasteiger partial charge is 0.468 e. The third-order valence-corrected chi connectivity index (χ3v) is 10.4. The van der Waals surface area contributed by atoms with Gasteiger partial charge in [0, 0.05) is 39.1 Å². The number of anilines is 6. The van der Waals surface area contributed by atoms with Gasteiger partial charge in [-0.05, 0) is 76.8 Å². The smallest absolute Gasteiger partial charge is 0.342 e. The fourth-order valence-electron chi connectivity index (χ4n) is 8.27. The Balaban J connectivity index is 1.23. The van der Waals surface area contributed by atoms with Crippen molar-refractivity contribution in [2.45, 2.75) is 0 Å². The van der Waals surface area contributed by atoms with Gasteiger partial charge in [0.15, 0.2) is 0 Å². The summed E-state index contributed by atoms with van der Waals surface area (Å²) in [6.45, 7) is -0.260. The molecule has 5 heteroatoms. The highest BCUT2D eigenvalue weighted by Crippen LogP contribution is 2.49. The molecule has 2 aromatic heterocycles. The molecule has 51 heavy (non-hydrogen) atoms. The minimum Gasteiger partial charge on any atom is -0.468 e. The van der Waals surface area contributed by atoms with Crippen LogP contribution in [-0.2, 0) is 0 Å². The predicted octanol–water partition coefficient (Wildman–Crippen LogP) is 10.6. The van der Waals surface area contributed by atoms with Gasteiger partial charge in [-0.1, -0.05) is 121 Å². The molecule has 9 aromatic rings. The third-order valence-electron chi connectivity index (χ3n) is 10.4. The molecule has 0 bridgehead atoms. The number of nitrogens with zero attached hydrogens (tertiary/aromatic N) is 2. The summed E-state index contributed by atoms with van der Waals surface area (Å²) < 4.78 is 14.2. The van der Waals surface area contributed by atoms with Crippen LogP contribution in [0.15, 0.2) is 185 Å². The van der Waals surface area contributed by atoms with Gasteiger partial charge in [0.05, 0.1) is 11.4 Å². The molecule has 0 radical (unpaired) electrons. The summed E-state index contributed by atoms with van der Waals surface area (Å²) in [5.74, 6) is 0. The van der Waals surface area contributed by atoms with E-state index in [0.717, 1.165) is 84.0 Å². The second-order valence-corrected chi connectivity index (χ2v) is 13.2. The molecule has 11 rings (SSSR count). The van der Waals surface area contributed by atoms with Crippen molar-refractivity contribution in [3.63, 3.8) is 0 Å². The van der Waals surface area contributed by atoms with Crippen LogP contribution in [0.5, 0.6) is 0 Å². The summed E-state index contributed by atoms with van der Waals surface area (Å²) in [7, 11) is 0. The third kappa shape index (κ3) is 4.09. The van der Waals surface area contributed by atoms with Crippen LogP contribution in [0.4, 0.5) is 34.1 Å². The predicted molar refractivity (Wildman–Crippen MR) is 211 cm³/mol. The first kappa shape index (κ1) is 28.2. The van der Waals surface area contributed by atoms with E-state index in [4.69, 9.17) is 8.83 Å². The van der Waals surface area contributed by atoms with Crippen molar-refractivity contribution in [2.75, 3.05) is 9.80 Å². The van der Waals surface area contributed by atoms with Crippen molar-refractivity contribution < 1.29 is 8.83 Å². The van der Waals surface area contributed by atoms with Crippen LogP contribution >= 0.6 is 0 Å². The van der Waals surface area contributed by atoms with Crippen molar-refractivity contribution in [3.05, 3.63) is 176 Å². The highest BCUT2D eigenvalue weighted by Gasteiger charge is 2.49. The molecule has 4 heterocycles. The molecular weight excluding hydrogens is 623 g/mol. The molecule has 0 aliphatic carbocycles. The van der Waals surface area contributed by atoms with Gasteiger partial charge in [0.25, 0.3) is 0 Å². The zero-order valence-corrected chi connectivity index (χ0v) is 27.5. The molecule has 0 N–H and O–H groups in total. The Morgan fingerprint density at radius 2 is 0.922 bits per heavy atom. The van der Waals surface area contributed by atoms with E-state index in [1.165, 1.54) is 11.1 Å². The molecule has 0 unspecified atom stereocenters. The van der Waals surface area contributed by atoms with Gasteiger partial charge in [0.2, 0.25) is 0 Å². The van der Waals surface area contributed by atoms with Gasteiger partial charge in [0.1, 0.15) is 22.5 Å². The van der Waals surface area contributed by atoms with E-state index in [0.29, 0.717) is 0 Å². The number of rotatable bonds is 4. The Hall–Kier alpha value is -6.72. The van der Waals surface area contributed by atoms with Crippen molar-refractivity contribution in [1.29, 1.82) is 0 Å². The fourth-order valence-corrected chi connectivity index (χ4v) is 8.27. The summed E-state index contributed by atoms with van der Waals surface area (Å²) in [6, 6.07) is 62.1. The molecule has 238 valence electrons. The van der Waals surface area contributed by atoms with Crippen LogP contribution in [0, 0.1) is 0 Å². The Morgan fingerprint density at radius 3 is 1.65 bits per heavy atom. The van der Waals surface area contributed by atoms with Crippen LogP contribution in [0.25, 0.3) is 44.2 Å². The van der Waals surface area contributed by atoms with Crippen molar-refractivity contribution in [1.82, 2.24) is 0 Å². The lowest BCUT2D eigenvalue weighted by Gasteiger charge is -2.40. The Labute approximate surface area is 295 Å². The first-order chi connectivity index (χ1) is 25.3. The van der Waals surface area contributed by atoms with Gasteiger partial charge < -0.3 is 18.6 Å². The second kappa shape index (κ2) is 10.9. The fraction of sp³-hybridized carbons (Fsp3) is 0. The first-order valence-electron chi connectivity index (χ1n) is 17.4. The van der Waals surface area contributed by atoms with Gasteiger partial charge >= 0.3 is 6.71 Å². The summed E-state index contributed by atoms with van der Waals surface area (Å²) in [5.41, 5.74) is 15.7. The zero-order chi connectivity index (χ0) is 33.5. The summed E-state index contributed by atoms with van der Waals surface area (Å²) in [5, 5.41) is 2.15. The number of para-hydroxylation sites is 3. The maximum absolute atomic E-state index is 7.24. The van der Waals surface area contributed by atoms with E-state index < -0.39 is 0 Å². The highest BCUT2D eigenvalue weighted by molar-refractivity contribution is 6.99. The Bertz CT molecular complexity index is 2750. The summed E-state index contributed by atoms with van der Waals surface area (Å²) in [4.78, 5) is 4.77. The van der Waals surface area contributed by atoms with E-state index in [2.05, 4.69) is 180 Å². The van der Waals surface area contributed by atoms with E-state index in [1.54, 1.807) is 0 Å². The lowest BCUT2D eigenvalue weighted by atomic mass is 9.37. The molecule has 0 saturated carbocycles.